The lowest BCUT2D eigenvalue weighted by Crippen LogP contribution is -2.44. The van der Waals surface area contributed by atoms with Gasteiger partial charge in [0.2, 0.25) is 5.91 Å². The summed E-state index contributed by atoms with van der Waals surface area (Å²) in [6.07, 6.45) is 1.95. The molecule has 2 atom stereocenters. The maximum absolute atomic E-state index is 12.9. The molecule has 1 saturated heterocycles. The zero-order valence-corrected chi connectivity index (χ0v) is 13.4. The van der Waals surface area contributed by atoms with E-state index in [1.807, 2.05) is 0 Å². The fourth-order valence-corrected chi connectivity index (χ4v) is 3.43. The number of likely N-dealkylation sites (N-methyl/N-ethyl adjacent to an activating group) is 1. The topological polar surface area (TPSA) is 35.6 Å². The number of carbonyl (C=O) groups is 1. The van der Waals surface area contributed by atoms with Crippen LogP contribution in [0.1, 0.15) is 37.1 Å². The van der Waals surface area contributed by atoms with Crippen LogP contribution in [0.2, 0.25) is 0 Å². The third-order valence-corrected chi connectivity index (χ3v) is 4.67. The lowest BCUT2D eigenvalue weighted by molar-refractivity contribution is -0.133. The smallest absolute Gasteiger partial charge is 0.244 e. The van der Waals surface area contributed by atoms with Gasteiger partial charge in [0.1, 0.15) is 11.7 Å². The van der Waals surface area contributed by atoms with Crippen molar-refractivity contribution in [3.8, 4) is 0 Å². The number of amides is 1. The molecule has 1 amide bonds. The molecule has 0 bridgehead atoms. The van der Waals surface area contributed by atoms with Crippen LogP contribution in [-0.4, -0.2) is 47.9 Å². The third-order valence-electron chi connectivity index (χ3n) is 4.67. The van der Waals surface area contributed by atoms with E-state index in [1.54, 1.807) is 0 Å². The van der Waals surface area contributed by atoms with Crippen molar-refractivity contribution in [3.05, 3.63) is 35.4 Å². The zero-order valence-electron chi connectivity index (χ0n) is 13.4. The van der Waals surface area contributed by atoms with E-state index in [0.717, 1.165) is 19.4 Å². The molecule has 21 heavy (non-hydrogen) atoms. The molecule has 1 aromatic carbocycles. The Morgan fingerprint density at radius 2 is 2.05 bits per heavy atom. The monoisotopic (exact) mass is 287 g/mol. The summed E-state index contributed by atoms with van der Waals surface area (Å²) in [6.45, 7) is 5.15. The minimum absolute atomic E-state index is 0.0103. The molecule has 1 saturated carbocycles. The maximum atomic E-state index is 12.9. The summed E-state index contributed by atoms with van der Waals surface area (Å²) < 4.78 is 0. The van der Waals surface area contributed by atoms with Gasteiger partial charge in [0.05, 0.1) is 0 Å². The average molecular weight is 287 g/mol. The van der Waals surface area contributed by atoms with Gasteiger partial charge in [0.15, 0.2) is 0 Å². The quantitative estimate of drug-likeness (QED) is 0.919. The van der Waals surface area contributed by atoms with Crippen LogP contribution in [0.25, 0.3) is 0 Å². The van der Waals surface area contributed by atoms with Gasteiger partial charge in [0, 0.05) is 12.6 Å². The molecule has 1 spiro atoms. The molecule has 2 aliphatic rings. The lowest BCUT2D eigenvalue weighted by Gasteiger charge is -2.33. The fraction of sp³-hybridized carbons (Fsp3) is 0.588. The van der Waals surface area contributed by atoms with Crippen molar-refractivity contribution < 1.29 is 4.79 Å². The maximum Gasteiger partial charge on any atom is 0.244 e. The Bertz CT molecular complexity index is 551. The van der Waals surface area contributed by atoms with Crippen LogP contribution >= 0.6 is 0 Å². The van der Waals surface area contributed by atoms with Gasteiger partial charge in [0.25, 0.3) is 0 Å². The lowest BCUT2D eigenvalue weighted by atomic mass is 10.0. The first-order chi connectivity index (χ1) is 9.94. The molecule has 1 heterocycles. The van der Waals surface area contributed by atoms with Crippen LogP contribution in [0.3, 0.4) is 0 Å². The number of rotatable bonds is 4. The van der Waals surface area contributed by atoms with Crippen molar-refractivity contribution in [3.63, 3.8) is 0 Å². The number of nitrogens with one attached hydrogen (secondary N) is 1. The minimum atomic E-state index is -0.270. The van der Waals surface area contributed by atoms with Crippen LogP contribution in [0.15, 0.2) is 24.3 Å². The largest absolute Gasteiger partial charge is 0.317 e. The van der Waals surface area contributed by atoms with E-state index >= 15 is 0 Å². The number of carbonyl (C=O) groups excluding carboxylic acids is 1. The Hall–Kier alpha value is -1.39. The van der Waals surface area contributed by atoms with Gasteiger partial charge in [-0.3, -0.25) is 10.1 Å². The van der Waals surface area contributed by atoms with Crippen molar-refractivity contribution in [1.82, 2.24) is 15.1 Å². The Balaban J connectivity index is 1.93. The number of nitrogens with zero attached hydrogens (tertiary/aromatic N) is 2. The summed E-state index contributed by atoms with van der Waals surface area (Å²) in [4.78, 5) is 17.1. The Labute approximate surface area is 127 Å². The first kappa shape index (κ1) is 14.5. The van der Waals surface area contributed by atoms with Crippen LogP contribution in [0.4, 0.5) is 0 Å². The number of aryl methyl sites for hydroxylation is 1. The second-order valence-corrected chi connectivity index (χ2v) is 6.81. The predicted molar refractivity (Wildman–Crippen MR) is 83.9 cm³/mol. The van der Waals surface area contributed by atoms with Crippen LogP contribution in [-0.2, 0) is 4.79 Å². The highest BCUT2D eigenvalue weighted by molar-refractivity contribution is 5.92. The van der Waals surface area contributed by atoms with Crippen LogP contribution in [0.5, 0.6) is 0 Å². The minimum Gasteiger partial charge on any atom is -0.317 e. The van der Waals surface area contributed by atoms with Crippen molar-refractivity contribution in [1.29, 1.82) is 0 Å². The molecule has 4 nitrogen and oxygen atoms in total. The van der Waals surface area contributed by atoms with Crippen molar-refractivity contribution >= 4 is 5.91 Å². The van der Waals surface area contributed by atoms with E-state index in [-0.39, 0.29) is 23.7 Å². The summed E-state index contributed by atoms with van der Waals surface area (Å²) in [6, 6.07) is 8.56. The van der Waals surface area contributed by atoms with Gasteiger partial charge in [-0.05, 0) is 51.9 Å². The normalized spacial score (nSPS) is 24.9. The van der Waals surface area contributed by atoms with Crippen LogP contribution < -0.4 is 5.32 Å². The molecule has 114 valence electrons. The van der Waals surface area contributed by atoms with E-state index in [0.29, 0.717) is 0 Å². The van der Waals surface area contributed by atoms with E-state index in [2.05, 4.69) is 67.3 Å². The predicted octanol–water partition coefficient (Wildman–Crippen LogP) is 1.91. The molecule has 4 heteroatoms. The highest BCUT2D eigenvalue weighted by Crippen LogP contribution is 2.47. The van der Waals surface area contributed by atoms with E-state index < -0.39 is 0 Å². The molecular formula is C17H25N3O. The zero-order chi connectivity index (χ0) is 15.2. The molecule has 2 fully saturated rings. The molecule has 1 aliphatic carbocycles. The number of hydrogen-bond acceptors (Lipinski definition) is 3. The molecule has 0 aromatic heterocycles. The number of benzene rings is 1. The van der Waals surface area contributed by atoms with E-state index in [1.165, 1.54) is 11.1 Å². The fourth-order valence-electron chi connectivity index (χ4n) is 3.43. The molecule has 2 unspecified atom stereocenters. The second-order valence-electron chi connectivity index (χ2n) is 6.81. The summed E-state index contributed by atoms with van der Waals surface area (Å²) in [5.74, 6) is 0.283. The van der Waals surface area contributed by atoms with Crippen molar-refractivity contribution in [2.75, 3.05) is 20.6 Å². The first-order valence-electron chi connectivity index (χ1n) is 7.75. The molecule has 1 aromatic rings. The van der Waals surface area contributed by atoms with E-state index in [9.17, 15) is 4.79 Å². The van der Waals surface area contributed by atoms with Gasteiger partial charge in [-0.2, -0.15) is 0 Å². The molecule has 0 radical (unpaired) electrons. The van der Waals surface area contributed by atoms with Gasteiger partial charge in [-0.15, -0.1) is 0 Å². The second kappa shape index (κ2) is 5.11. The summed E-state index contributed by atoms with van der Waals surface area (Å²) in [5, 5.41) is 3.61. The van der Waals surface area contributed by atoms with Crippen molar-refractivity contribution in [2.45, 2.75) is 44.4 Å². The first-order valence-corrected chi connectivity index (χ1v) is 7.75. The molecule has 1 N–H and O–H groups in total. The van der Waals surface area contributed by atoms with E-state index in [4.69, 9.17) is 0 Å². The highest BCUT2D eigenvalue weighted by Gasteiger charge is 2.60. The molecule has 1 aliphatic heterocycles. The standard InChI is InChI=1S/C17H25N3O/c1-12-7-5-6-8-14(12)15-18-17(9-10-17)16(21)20(15)13(2)11-19(3)4/h5-8,13,15,18H,9-11H2,1-4H3. The SMILES string of the molecule is Cc1ccccc1C1NC2(CC2)C(=O)N1C(C)CN(C)C. The Kier molecular flexibility index (Phi) is 3.54. The van der Waals surface area contributed by atoms with Gasteiger partial charge in [-0.1, -0.05) is 24.3 Å². The summed E-state index contributed by atoms with van der Waals surface area (Å²) in [5.41, 5.74) is 2.19. The molecule has 3 rings (SSSR count). The number of hydrogen-bond donors (Lipinski definition) is 1. The van der Waals surface area contributed by atoms with Gasteiger partial charge in [-0.25, -0.2) is 0 Å². The van der Waals surface area contributed by atoms with Gasteiger partial charge >= 0.3 is 0 Å². The van der Waals surface area contributed by atoms with Crippen molar-refractivity contribution in [2.24, 2.45) is 0 Å². The summed E-state index contributed by atoms with van der Waals surface area (Å²) >= 11 is 0. The average Bonchev–Trinajstić information content (AvgIpc) is 3.12. The third kappa shape index (κ3) is 2.47. The Morgan fingerprint density at radius 3 is 2.62 bits per heavy atom. The Morgan fingerprint density at radius 1 is 1.38 bits per heavy atom. The van der Waals surface area contributed by atoms with Gasteiger partial charge < -0.3 is 9.80 Å². The van der Waals surface area contributed by atoms with Crippen LogP contribution in [0, 0.1) is 6.92 Å². The highest BCUT2D eigenvalue weighted by atomic mass is 16.2. The molecular weight excluding hydrogens is 262 g/mol. The summed E-state index contributed by atoms with van der Waals surface area (Å²) in [7, 11) is 4.11.